The molecule has 1 aliphatic heterocycles. The molecule has 3 aromatic heterocycles. The van der Waals surface area contributed by atoms with E-state index in [1.807, 2.05) is 33.4 Å². The van der Waals surface area contributed by atoms with Crippen LogP contribution in [0.1, 0.15) is 0 Å². The van der Waals surface area contributed by atoms with Gasteiger partial charge < -0.3 is 14.0 Å². The normalized spacial score (nSPS) is 16.0. The number of methoxy groups -OCH3 is 1. The molecule has 4 rings (SSSR count). The number of rotatable bonds is 4. The molecule has 0 radical (unpaired) electrons. The zero-order valence-corrected chi connectivity index (χ0v) is 13.6. The molecule has 4 heterocycles. The van der Waals surface area contributed by atoms with Crippen molar-refractivity contribution >= 4 is 16.7 Å². The van der Waals surface area contributed by atoms with Gasteiger partial charge in [0.25, 0.3) is 5.56 Å². The second-order valence-electron chi connectivity index (χ2n) is 5.87. The van der Waals surface area contributed by atoms with Gasteiger partial charge in [0.1, 0.15) is 5.52 Å². The number of aromatic nitrogens is 3. The highest BCUT2D eigenvalue weighted by Crippen LogP contribution is 2.17. The molecule has 3 aromatic rings. The number of nitrogens with zero attached hydrogens (tertiary/aromatic N) is 4. The van der Waals surface area contributed by atoms with Gasteiger partial charge in [0.05, 0.1) is 25.8 Å². The SMILES string of the molecule is COc1ccc2c(n1)n1cccc1c(=O)n2CCN1CCOCC1. The van der Waals surface area contributed by atoms with E-state index < -0.39 is 0 Å². The molecule has 0 spiro atoms. The summed E-state index contributed by atoms with van der Waals surface area (Å²) in [6, 6.07) is 7.39. The Morgan fingerprint density at radius 1 is 1.17 bits per heavy atom. The molecule has 0 aliphatic carbocycles. The predicted octanol–water partition coefficient (Wildman–Crippen LogP) is 0.990. The Morgan fingerprint density at radius 3 is 2.79 bits per heavy atom. The zero-order chi connectivity index (χ0) is 16.5. The Labute approximate surface area is 139 Å². The van der Waals surface area contributed by atoms with Gasteiger partial charge in [-0.1, -0.05) is 0 Å². The fraction of sp³-hybridized carbons (Fsp3) is 0.412. The molecule has 0 aromatic carbocycles. The smallest absolute Gasteiger partial charge is 0.275 e. The third-order valence-corrected chi connectivity index (χ3v) is 4.51. The van der Waals surface area contributed by atoms with E-state index in [2.05, 4.69) is 9.88 Å². The van der Waals surface area contributed by atoms with E-state index in [1.165, 1.54) is 0 Å². The third-order valence-electron chi connectivity index (χ3n) is 4.51. The number of hydrogen-bond acceptors (Lipinski definition) is 5. The van der Waals surface area contributed by atoms with Crippen LogP contribution in [-0.2, 0) is 11.3 Å². The van der Waals surface area contributed by atoms with E-state index in [9.17, 15) is 4.79 Å². The topological polar surface area (TPSA) is 61.0 Å². The summed E-state index contributed by atoms with van der Waals surface area (Å²) >= 11 is 0. The fourth-order valence-corrected chi connectivity index (χ4v) is 3.20. The largest absolute Gasteiger partial charge is 0.481 e. The summed E-state index contributed by atoms with van der Waals surface area (Å²) < 4.78 is 14.3. The minimum atomic E-state index is 0.00715. The van der Waals surface area contributed by atoms with Crippen molar-refractivity contribution in [2.24, 2.45) is 0 Å². The predicted molar refractivity (Wildman–Crippen MR) is 90.8 cm³/mol. The molecule has 1 saturated heterocycles. The zero-order valence-electron chi connectivity index (χ0n) is 13.6. The summed E-state index contributed by atoms with van der Waals surface area (Å²) in [7, 11) is 1.59. The van der Waals surface area contributed by atoms with Gasteiger partial charge in [0, 0.05) is 38.4 Å². The molecule has 0 saturated carbocycles. The average molecular weight is 328 g/mol. The van der Waals surface area contributed by atoms with Crippen LogP contribution in [0.25, 0.3) is 16.7 Å². The molecule has 0 N–H and O–H groups in total. The molecular weight excluding hydrogens is 308 g/mol. The van der Waals surface area contributed by atoms with Crippen LogP contribution < -0.4 is 10.3 Å². The lowest BCUT2D eigenvalue weighted by Crippen LogP contribution is -2.39. The Balaban J connectivity index is 1.79. The lowest BCUT2D eigenvalue weighted by molar-refractivity contribution is 0.0364. The highest BCUT2D eigenvalue weighted by molar-refractivity contribution is 5.75. The Hall–Kier alpha value is -2.38. The quantitative estimate of drug-likeness (QED) is 0.715. The molecule has 1 aliphatic rings. The van der Waals surface area contributed by atoms with E-state index in [4.69, 9.17) is 9.47 Å². The summed E-state index contributed by atoms with van der Waals surface area (Å²) in [6.07, 6.45) is 1.86. The van der Waals surface area contributed by atoms with Crippen molar-refractivity contribution in [3.05, 3.63) is 40.8 Å². The maximum Gasteiger partial charge on any atom is 0.275 e. The van der Waals surface area contributed by atoms with Crippen LogP contribution in [-0.4, -0.2) is 58.8 Å². The maximum atomic E-state index is 12.9. The molecule has 24 heavy (non-hydrogen) atoms. The van der Waals surface area contributed by atoms with Crippen molar-refractivity contribution in [2.45, 2.75) is 6.54 Å². The minimum absolute atomic E-state index is 0.00715. The van der Waals surface area contributed by atoms with Crippen LogP contribution in [0.3, 0.4) is 0 Å². The van der Waals surface area contributed by atoms with E-state index in [1.54, 1.807) is 13.2 Å². The monoisotopic (exact) mass is 328 g/mol. The van der Waals surface area contributed by atoms with E-state index >= 15 is 0 Å². The van der Waals surface area contributed by atoms with Gasteiger partial charge in [0.15, 0.2) is 5.65 Å². The second-order valence-corrected chi connectivity index (χ2v) is 5.87. The summed E-state index contributed by atoms with van der Waals surface area (Å²) in [5, 5.41) is 0. The van der Waals surface area contributed by atoms with Gasteiger partial charge in [-0.25, -0.2) is 0 Å². The van der Waals surface area contributed by atoms with Crippen molar-refractivity contribution in [1.29, 1.82) is 0 Å². The highest BCUT2D eigenvalue weighted by atomic mass is 16.5. The molecule has 1 fully saturated rings. The standard InChI is InChI=1S/C17H20N4O3/c1-23-15-5-4-13-16(18-15)20-6-2-3-14(20)17(22)21(13)8-7-19-9-11-24-12-10-19/h2-6H,7-12H2,1H3. The first kappa shape index (κ1) is 15.2. The summed E-state index contributed by atoms with van der Waals surface area (Å²) in [5.74, 6) is 0.538. The molecule has 0 atom stereocenters. The van der Waals surface area contributed by atoms with Gasteiger partial charge >= 0.3 is 0 Å². The first-order chi connectivity index (χ1) is 11.8. The van der Waals surface area contributed by atoms with E-state index in [0.717, 1.165) is 44.0 Å². The van der Waals surface area contributed by atoms with Crippen molar-refractivity contribution in [2.75, 3.05) is 40.0 Å². The first-order valence-corrected chi connectivity index (χ1v) is 8.12. The Bertz CT molecular complexity index is 925. The van der Waals surface area contributed by atoms with Crippen molar-refractivity contribution in [3.63, 3.8) is 0 Å². The van der Waals surface area contributed by atoms with Gasteiger partial charge in [-0.3, -0.25) is 14.1 Å². The molecule has 7 heteroatoms. The van der Waals surface area contributed by atoms with E-state index in [-0.39, 0.29) is 5.56 Å². The number of fused-ring (bicyclic) bond motifs is 3. The summed E-state index contributed by atoms with van der Waals surface area (Å²) in [4.78, 5) is 19.7. The van der Waals surface area contributed by atoms with Gasteiger partial charge in [-0.05, 0) is 18.2 Å². The van der Waals surface area contributed by atoms with Crippen LogP contribution in [0.2, 0.25) is 0 Å². The average Bonchev–Trinajstić information content (AvgIpc) is 3.12. The Morgan fingerprint density at radius 2 is 2.00 bits per heavy atom. The first-order valence-electron chi connectivity index (χ1n) is 8.12. The molecule has 0 amide bonds. The number of hydrogen-bond donors (Lipinski definition) is 0. The van der Waals surface area contributed by atoms with Gasteiger partial charge in [0.2, 0.25) is 5.88 Å². The number of morpholine rings is 1. The number of pyridine rings is 1. The second kappa shape index (κ2) is 6.26. The van der Waals surface area contributed by atoms with Crippen LogP contribution in [0.5, 0.6) is 5.88 Å². The third kappa shape index (κ3) is 2.55. The molecule has 0 bridgehead atoms. The van der Waals surface area contributed by atoms with Gasteiger partial charge in [-0.2, -0.15) is 4.98 Å². The Kier molecular flexibility index (Phi) is 3.95. The van der Waals surface area contributed by atoms with Gasteiger partial charge in [-0.15, -0.1) is 0 Å². The van der Waals surface area contributed by atoms with Crippen molar-refractivity contribution in [1.82, 2.24) is 18.9 Å². The molecule has 7 nitrogen and oxygen atoms in total. The fourth-order valence-electron chi connectivity index (χ4n) is 3.20. The number of ether oxygens (including phenoxy) is 2. The maximum absolute atomic E-state index is 12.9. The van der Waals surface area contributed by atoms with E-state index in [0.29, 0.717) is 17.9 Å². The van der Waals surface area contributed by atoms with Crippen molar-refractivity contribution < 1.29 is 9.47 Å². The minimum Gasteiger partial charge on any atom is -0.481 e. The summed E-state index contributed by atoms with van der Waals surface area (Å²) in [6.45, 7) is 4.78. The molecule has 126 valence electrons. The van der Waals surface area contributed by atoms with Crippen LogP contribution in [0.4, 0.5) is 0 Å². The summed E-state index contributed by atoms with van der Waals surface area (Å²) in [5.41, 5.74) is 2.19. The van der Waals surface area contributed by atoms with Crippen LogP contribution in [0.15, 0.2) is 35.3 Å². The van der Waals surface area contributed by atoms with Crippen LogP contribution in [0, 0.1) is 0 Å². The molecular formula is C17H20N4O3. The lowest BCUT2D eigenvalue weighted by atomic mass is 10.3. The van der Waals surface area contributed by atoms with Crippen molar-refractivity contribution in [3.8, 4) is 5.88 Å². The molecule has 0 unspecified atom stereocenters. The van der Waals surface area contributed by atoms with Crippen LogP contribution >= 0.6 is 0 Å². The lowest BCUT2D eigenvalue weighted by Gasteiger charge is -2.27. The highest BCUT2D eigenvalue weighted by Gasteiger charge is 2.15.